The third-order valence-electron chi connectivity index (χ3n) is 5.95. The molecule has 0 fully saturated rings. The van der Waals surface area contributed by atoms with E-state index in [1.54, 1.807) is 4.90 Å². The third kappa shape index (κ3) is 8.15. The van der Waals surface area contributed by atoms with Gasteiger partial charge in [0.15, 0.2) is 0 Å². The monoisotopic (exact) mass is 508 g/mol. The van der Waals surface area contributed by atoms with Gasteiger partial charge in [-0.3, -0.25) is 9.59 Å². The van der Waals surface area contributed by atoms with Crippen LogP contribution in [0.4, 0.5) is 0 Å². The van der Waals surface area contributed by atoms with Crippen molar-refractivity contribution < 1.29 is 9.59 Å². The highest BCUT2D eigenvalue weighted by Crippen LogP contribution is 2.24. The Kier molecular flexibility index (Phi) is 10.2. The topological polar surface area (TPSA) is 49.4 Å². The highest BCUT2D eigenvalue weighted by molar-refractivity contribution is 8.00. The molecule has 0 spiro atoms. The van der Waals surface area contributed by atoms with Crippen LogP contribution in [0.2, 0.25) is 5.02 Å². The van der Waals surface area contributed by atoms with E-state index < -0.39 is 6.04 Å². The van der Waals surface area contributed by atoms with Crippen LogP contribution in [0.1, 0.15) is 37.0 Å². The lowest BCUT2D eigenvalue weighted by atomic mass is 10.0. The van der Waals surface area contributed by atoms with Gasteiger partial charge in [0.05, 0.1) is 5.75 Å². The molecular weight excluding hydrogens is 476 g/mol. The molecule has 4 nitrogen and oxygen atoms in total. The fourth-order valence-corrected chi connectivity index (χ4v) is 4.65. The summed E-state index contributed by atoms with van der Waals surface area (Å²) in [6.45, 7) is 6.31. The van der Waals surface area contributed by atoms with Crippen molar-refractivity contribution in [3.05, 3.63) is 101 Å². The quantitative estimate of drug-likeness (QED) is 0.309. The summed E-state index contributed by atoms with van der Waals surface area (Å²) < 4.78 is 0. The van der Waals surface area contributed by atoms with Gasteiger partial charge in [-0.15, -0.1) is 11.8 Å². The van der Waals surface area contributed by atoms with Crippen LogP contribution in [-0.2, 0) is 22.6 Å². The summed E-state index contributed by atoms with van der Waals surface area (Å²) in [7, 11) is 0. The van der Waals surface area contributed by atoms with Gasteiger partial charge in [-0.1, -0.05) is 84.8 Å². The number of benzene rings is 3. The number of amides is 2. The second-order valence-corrected chi connectivity index (χ2v) is 10.2. The largest absolute Gasteiger partial charge is 0.352 e. The molecule has 3 aromatic rings. The first kappa shape index (κ1) is 26.8. The van der Waals surface area contributed by atoms with Gasteiger partial charge in [-0.25, -0.2) is 0 Å². The van der Waals surface area contributed by atoms with E-state index in [1.165, 1.54) is 17.3 Å². The van der Waals surface area contributed by atoms with E-state index in [1.807, 2.05) is 99.6 Å². The van der Waals surface area contributed by atoms with E-state index in [4.69, 9.17) is 11.6 Å². The van der Waals surface area contributed by atoms with Gasteiger partial charge in [0, 0.05) is 28.9 Å². The Hall–Kier alpha value is -2.76. The lowest BCUT2D eigenvalue weighted by Crippen LogP contribution is -2.52. The minimum absolute atomic E-state index is 0.0139. The summed E-state index contributed by atoms with van der Waals surface area (Å²) in [4.78, 5) is 29.9. The van der Waals surface area contributed by atoms with Crippen LogP contribution in [0.25, 0.3) is 0 Å². The van der Waals surface area contributed by atoms with Crippen LogP contribution in [-0.4, -0.2) is 34.6 Å². The van der Waals surface area contributed by atoms with E-state index >= 15 is 0 Å². The molecular formula is C29H33ClN2O2S. The Morgan fingerprint density at radius 3 is 2.29 bits per heavy atom. The number of hydrogen-bond donors (Lipinski definition) is 1. The maximum absolute atomic E-state index is 13.7. The molecule has 1 N–H and O–H groups in total. The third-order valence-corrected chi connectivity index (χ3v) is 7.32. The molecule has 2 unspecified atom stereocenters. The molecule has 0 heterocycles. The van der Waals surface area contributed by atoms with Gasteiger partial charge < -0.3 is 10.2 Å². The fraction of sp³-hybridized carbons (Fsp3) is 0.310. The molecule has 0 aliphatic carbocycles. The summed E-state index contributed by atoms with van der Waals surface area (Å²) in [6.07, 6.45) is 1.24. The summed E-state index contributed by atoms with van der Waals surface area (Å²) in [5.41, 5.74) is 2.99. The van der Waals surface area contributed by atoms with Crippen LogP contribution in [0.3, 0.4) is 0 Å². The van der Waals surface area contributed by atoms with Crippen LogP contribution >= 0.6 is 23.4 Å². The highest BCUT2D eigenvalue weighted by atomic mass is 35.5. The lowest BCUT2D eigenvalue weighted by Gasteiger charge is -2.32. The number of hydrogen-bond acceptors (Lipinski definition) is 3. The SMILES string of the molecule is CCC(C)NC(=O)C(Cc1ccccc1)N(Cc1ccccc1Cl)C(=O)CSc1ccc(C)cc1. The summed E-state index contributed by atoms with van der Waals surface area (Å²) >= 11 is 7.95. The molecule has 0 saturated heterocycles. The van der Waals surface area contributed by atoms with Crippen molar-refractivity contribution in [3.63, 3.8) is 0 Å². The van der Waals surface area contributed by atoms with Gasteiger partial charge in [0.25, 0.3) is 0 Å². The lowest BCUT2D eigenvalue weighted by molar-refractivity contribution is -0.139. The fourth-order valence-electron chi connectivity index (χ4n) is 3.67. The smallest absolute Gasteiger partial charge is 0.243 e. The standard InChI is InChI=1S/C29H33ClN2O2S/c1-4-22(3)31-29(34)27(18-23-10-6-5-7-11-23)32(19-24-12-8-9-13-26(24)30)28(33)20-35-25-16-14-21(2)15-17-25/h5-17,22,27H,4,18-20H2,1-3H3,(H,31,34). The van der Waals surface area contributed by atoms with E-state index in [2.05, 4.69) is 5.32 Å². The van der Waals surface area contributed by atoms with Crippen molar-refractivity contribution in [1.82, 2.24) is 10.2 Å². The van der Waals surface area contributed by atoms with Crippen molar-refractivity contribution >= 4 is 35.2 Å². The first-order valence-corrected chi connectivity index (χ1v) is 13.3. The molecule has 0 bridgehead atoms. The molecule has 0 saturated carbocycles. The van der Waals surface area contributed by atoms with Crippen LogP contribution in [0, 0.1) is 6.92 Å². The van der Waals surface area contributed by atoms with E-state index in [-0.39, 0.29) is 30.2 Å². The first-order chi connectivity index (χ1) is 16.9. The van der Waals surface area contributed by atoms with Gasteiger partial charge in [-0.05, 0) is 49.6 Å². The number of halogens is 1. The number of rotatable bonds is 11. The Labute approximate surface area is 218 Å². The average molecular weight is 509 g/mol. The molecule has 184 valence electrons. The molecule has 3 rings (SSSR count). The Morgan fingerprint density at radius 1 is 0.971 bits per heavy atom. The van der Waals surface area contributed by atoms with Crippen molar-refractivity contribution in [2.75, 3.05) is 5.75 Å². The second kappa shape index (κ2) is 13.4. The van der Waals surface area contributed by atoms with Crippen molar-refractivity contribution in [2.24, 2.45) is 0 Å². The molecule has 0 aromatic heterocycles. The van der Waals surface area contributed by atoms with Crippen LogP contribution in [0.5, 0.6) is 0 Å². The van der Waals surface area contributed by atoms with Gasteiger partial charge in [-0.2, -0.15) is 0 Å². The first-order valence-electron chi connectivity index (χ1n) is 11.9. The van der Waals surface area contributed by atoms with Crippen molar-refractivity contribution in [3.8, 4) is 0 Å². The Balaban J connectivity index is 1.91. The molecule has 0 radical (unpaired) electrons. The molecule has 0 aliphatic rings. The molecule has 6 heteroatoms. The van der Waals surface area contributed by atoms with Crippen LogP contribution < -0.4 is 5.32 Å². The number of aryl methyl sites for hydroxylation is 1. The number of carbonyl (C=O) groups is 2. The summed E-state index contributed by atoms with van der Waals surface area (Å²) in [5.74, 6) is -0.0187. The highest BCUT2D eigenvalue weighted by Gasteiger charge is 2.31. The number of carbonyl (C=O) groups excluding carboxylic acids is 2. The molecule has 2 amide bonds. The number of nitrogens with zero attached hydrogens (tertiary/aromatic N) is 1. The molecule has 2 atom stereocenters. The summed E-state index contributed by atoms with van der Waals surface area (Å²) in [6, 6.07) is 24.8. The van der Waals surface area contributed by atoms with E-state index in [0.29, 0.717) is 11.4 Å². The normalized spacial score (nSPS) is 12.6. The Bertz CT molecular complexity index is 1110. The Morgan fingerprint density at radius 2 is 1.63 bits per heavy atom. The maximum Gasteiger partial charge on any atom is 0.243 e. The zero-order valence-corrected chi connectivity index (χ0v) is 22.1. The molecule has 35 heavy (non-hydrogen) atoms. The average Bonchev–Trinajstić information content (AvgIpc) is 2.87. The second-order valence-electron chi connectivity index (χ2n) is 8.74. The van der Waals surface area contributed by atoms with E-state index in [0.717, 1.165) is 22.4 Å². The van der Waals surface area contributed by atoms with Gasteiger partial charge >= 0.3 is 0 Å². The number of thioether (sulfide) groups is 1. The molecule has 0 aliphatic heterocycles. The predicted octanol–water partition coefficient (Wildman–Crippen LogP) is 6.30. The molecule has 3 aromatic carbocycles. The minimum Gasteiger partial charge on any atom is -0.352 e. The minimum atomic E-state index is -0.659. The van der Waals surface area contributed by atoms with Gasteiger partial charge in [0.2, 0.25) is 11.8 Å². The van der Waals surface area contributed by atoms with Crippen LogP contribution in [0.15, 0.2) is 83.8 Å². The maximum atomic E-state index is 13.7. The van der Waals surface area contributed by atoms with Gasteiger partial charge in [0.1, 0.15) is 6.04 Å². The summed E-state index contributed by atoms with van der Waals surface area (Å²) in [5, 5.41) is 3.67. The van der Waals surface area contributed by atoms with E-state index in [9.17, 15) is 9.59 Å². The van der Waals surface area contributed by atoms with Crippen molar-refractivity contribution in [2.45, 2.75) is 57.1 Å². The zero-order chi connectivity index (χ0) is 25.2. The zero-order valence-electron chi connectivity index (χ0n) is 20.5. The predicted molar refractivity (Wildman–Crippen MR) is 146 cm³/mol. The van der Waals surface area contributed by atoms with Crippen molar-refractivity contribution in [1.29, 1.82) is 0 Å². The number of nitrogens with one attached hydrogen (secondary N) is 1.